The summed E-state index contributed by atoms with van der Waals surface area (Å²) in [6.45, 7) is 2.50. The molecule has 0 aromatic heterocycles. The van der Waals surface area contributed by atoms with Crippen molar-refractivity contribution in [3.63, 3.8) is 0 Å². The fourth-order valence-electron chi connectivity index (χ4n) is 2.62. The summed E-state index contributed by atoms with van der Waals surface area (Å²) < 4.78 is 16.4. The third-order valence-electron chi connectivity index (χ3n) is 3.77. The molecule has 2 fully saturated rings. The van der Waals surface area contributed by atoms with Crippen molar-refractivity contribution in [2.75, 3.05) is 26.9 Å². The van der Waals surface area contributed by atoms with Gasteiger partial charge < -0.3 is 19.5 Å². The van der Waals surface area contributed by atoms with Crippen molar-refractivity contribution in [2.45, 2.75) is 31.4 Å². The predicted molar refractivity (Wildman–Crippen MR) is 73.0 cm³/mol. The van der Waals surface area contributed by atoms with Gasteiger partial charge >= 0.3 is 0 Å². The molecule has 4 nitrogen and oxygen atoms in total. The van der Waals surface area contributed by atoms with E-state index in [1.807, 2.05) is 6.07 Å². The molecule has 19 heavy (non-hydrogen) atoms. The molecule has 0 aliphatic carbocycles. The fraction of sp³-hybridized carbons (Fsp3) is 0.600. The van der Waals surface area contributed by atoms with E-state index in [2.05, 4.69) is 17.4 Å². The Kier molecular flexibility index (Phi) is 3.89. The number of methoxy groups -OCH3 is 1. The maximum Gasteiger partial charge on any atom is 0.162 e. The highest BCUT2D eigenvalue weighted by atomic mass is 16.6. The lowest BCUT2D eigenvalue weighted by molar-refractivity contribution is -0.0803. The summed E-state index contributed by atoms with van der Waals surface area (Å²) in [6.07, 6.45) is 3.78. The van der Waals surface area contributed by atoms with Crippen LogP contribution in [-0.2, 0) is 11.2 Å². The molecule has 2 aliphatic heterocycles. The smallest absolute Gasteiger partial charge is 0.162 e. The molecule has 0 amide bonds. The lowest BCUT2D eigenvalue weighted by atomic mass is 10.0. The minimum Gasteiger partial charge on any atom is -0.493 e. The van der Waals surface area contributed by atoms with Gasteiger partial charge in [-0.2, -0.15) is 0 Å². The molecule has 1 aromatic carbocycles. The second kappa shape index (κ2) is 5.80. The van der Waals surface area contributed by atoms with E-state index in [-0.39, 0.29) is 6.10 Å². The van der Waals surface area contributed by atoms with E-state index in [1.54, 1.807) is 7.11 Å². The number of benzene rings is 1. The van der Waals surface area contributed by atoms with E-state index in [0.717, 1.165) is 24.5 Å². The molecule has 4 heteroatoms. The summed E-state index contributed by atoms with van der Waals surface area (Å²) in [5.41, 5.74) is 1.30. The van der Waals surface area contributed by atoms with Crippen molar-refractivity contribution >= 4 is 0 Å². The van der Waals surface area contributed by atoms with Crippen molar-refractivity contribution < 1.29 is 14.2 Å². The first-order chi connectivity index (χ1) is 9.35. The Morgan fingerprint density at radius 3 is 2.84 bits per heavy atom. The molecule has 2 aliphatic rings. The number of hydrogen-bond donors (Lipinski definition) is 1. The molecule has 2 saturated heterocycles. The first-order valence-electron chi connectivity index (χ1n) is 7.00. The Hall–Kier alpha value is -1.26. The summed E-state index contributed by atoms with van der Waals surface area (Å²) in [6, 6.07) is 6.84. The molecule has 1 unspecified atom stereocenters. The predicted octanol–water partition coefficient (Wildman–Crippen LogP) is 1.77. The van der Waals surface area contributed by atoms with E-state index >= 15 is 0 Å². The third kappa shape index (κ3) is 3.01. The van der Waals surface area contributed by atoms with Crippen molar-refractivity contribution in [1.82, 2.24) is 5.32 Å². The Labute approximate surface area is 114 Å². The lowest BCUT2D eigenvalue weighted by Gasteiger charge is -2.27. The zero-order valence-corrected chi connectivity index (χ0v) is 11.4. The van der Waals surface area contributed by atoms with Crippen LogP contribution in [0.1, 0.15) is 18.4 Å². The Morgan fingerprint density at radius 1 is 1.32 bits per heavy atom. The lowest BCUT2D eigenvalue weighted by Crippen LogP contribution is -2.38. The number of ether oxygens (including phenoxy) is 3. The summed E-state index contributed by atoms with van der Waals surface area (Å²) in [5, 5.41) is 3.52. The summed E-state index contributed by atoms with van der Waals surface area (Å²) in [7, 11) is 1.68. The van der Waals surface area contributed by atoms with E-state index in [4.69, 9.17) is 14.2 Å². The van der Waals surface area contributed by atoms with E-state index in [1.165, 1.54) is 18.4 Å². The van der Waals surface area contributed by atoms with Gasteiger partial charge in [0.15, 0.2) is 11.5 Å². The maximum absolute atomic E-state index is 5.91. The van der Waals surface area contributed by atoms with E-state index in [0.29, 0.717) is 19.3 Å². The standard InChI is InChI=1S/C15H21NO3/c1-17-14-5-4-11(7-12-3-2-6-16-12)8-15(14)19-13-9-18-10-13/h4-5,8,12-13,16H,2-3,6-7,9-10H2,1H3. The SMILES string of the molecule is COc1ccc(CC2CCCN2)cc1OC1COC1. The van der Waals surface area contributed by atoms with Gasteiger partial charge in [0.05, 0.1) is 20.3 Å². The minimum atomic E-state index is 0.175. The molecule has 1 N–H and O–H groups in total. The number of nitrogens with one attached hydrogen (secondary N) is 1. The second-order valence-corrected chi connectivity index (χ2v) is 5.26. The zero-order valence-electron chi connectivity index (χ0n) is 11.4. The van der Waals surface area contributed by atoms with Crippen LogP contribution < -0.4 is 14.8 Å². The first-order valence-corrected chi connectivity index (χ1v) is 7.00. The van der Waals surface area contributed by atoms with Crippen molar-refractivity contribution in [2.24, 2.45) is 0 Å². The van der Waals surface area contributed by atoms with Crippen LogP contribution >= 0.6 is 0 Å². The third-order valence-corrected chi connectivity index (χ3v) is 3.77. The Bertz CT molecular complexity index is 425. The van der Waals surface area contributed by atoms with Crippen LogP contribution in [0.4, 0.5) is 0 Å². The van der Waals surface area contributed by atoms with E-state index < -0.39 is 0 Å². The van der Waals surface area contributed by atoms with Crippen LogP contribution in [0.15, 0.2) is 18.2 Å². The monoisotopic (exact) mass is 263 g/mol. The van der Waals surface area contributed by atoms with Crippen molar-refractivity contribution in [3.8, 4) is 11.5 Å². The number of rotatable bonds is 5. The van der Waals surface area contributed by atoms with Crippen LogP contribution in [0.5, 0.6) is 11.5 Å². The van der Waals surface area contributed by atoms with Gasteiger partial charge in [0.25, 0.3) is 0 Å². The molecular formula is C15H21NO3. The largest absolute Gasteiger partial charge is 0.493 e. The van der Waals surface area contributed by atoms with Crippen molar-refractivity contribution in [3.05, 3.63) is 23.8 Å². The van der Waals surface area contributed by atoms with Gasteiger partial charge in [-0.15, -0.1) is 0 Å². The quantitative estimate of drug-likeness (QED) is 0.879. The Morgan fingerprint density at radius 2 is 2.21 bits per heavy atom. The topological polar surface area (TPSA) is 39.7 Å². The first kappa shape index (κ1) is 12.8. The Balaban J connectivity index is 1.71. The van der Waals surface area contributed by atoms with Gasteiger partial charge in [-0.3, -0.25) is 0 Å². The highest BCUT2D eigenvalue weighted by Crippen LogP contribution is 2.30. The number of hydrogen-bond acceptors (Lipinski definition) is 4. The van der Waals surface area contributed by atoms with Gasteiger partial charge in [-0.1, -0.05) is 6.07 Å². The van der Waals surface area contributed by atoms with E-state index in [9.17, 15) is 0 Å². The van der Waals surface area contributed by atoms with Crippen molar-refractivity contribution in [1.29, 1.82) is 0 Å². The molecule has 3 rings (SSSR count). The summed E-state index contributed by atoms with van der Waals surface area (Å²) >= 11 is 0. The minimum absolute atomic E-state index is 0.175. The molecule has 0 bridgehead atoms. The molecule has 2 heterocycles. The molecular weight excluding hydrogens is 242 g/mol. The maximum atomic E-state index is 5.91. The molecule has 0 saturated carbocycles. The molecule has 0 radical (unpaired) electrons. The van der Waals surface area contributed by atoms with Crippen LogP contribution in [-0.4, -0.2) is 39.0 Å². The van der Waals surface area contributed by atoms with Crippen LogP contribution in [0.25, 0.3) is 0 Å². The van der Waals surface area contributed by atoms with Gasteiger partial charge in [0.1, 0.15) is 6.10 Å². The molecule has 1 aromatic rings. The second-order valence-electron chi connectivity index (χ2n) is 5.26. The van der Waals surface area contributed by atoms with Gasteiger partial charge in [-0.25, -0.2) is 0 Å². The molecule has 104 valence electrons. The summed E-state index contributed by atoms with van der Waals surface area (Å²) in [5.74, 6) is 1.64. The average Bonchev–Trinajstić information content (AvgIpc) is 2.87. The van der Waals surface area contributed by atoms with Crippen LogP contribution in [0.2, 0.25) is 0 Å². The molecule has 1 atom stereocenters. The highest BCUT2D eigenvalue weighted by Gasteiger charge is 2.22. The summed E-state index contributed by atoms with van der Waals surface area (Å²) in [4.78, 5) is 0. The van der Waals surface area contributed by atoms with Gasteiger partial charge in [0.2, 0.25) is 0 Å². The van der Waals surface area contributed by atoms with Crippen LogP contribution in [0, 0.1) is 0 Å². The average molecular weight is 263 g/mol. The van der Waals surface area contributed by atoms with Gasteiger partial charge in [0, 0.05) is 6.04 Å². The highest BCUT2D eigenvalue weighted by molar-refractivity contribution is 5.43. The van der Waals surface area contributed by atoms with Crippen LogP contribution in [0.3, 0.4) is 0 Å². The normalized spacial score (nSPS) is 23.1. The molecule has 0 spiro atoms. The zero-order chi connectivity index (χ0) is 13.1. The van der Waals surface area contributed by atoms with Gasteiger partial charge in [-0.05, 0) is 43.5 Å². The fourth-order valence-corrected chi connectivity index (χ4v) is 2.62.